The van der Waals surface area contributed by atoms with Crippen LogP contribution in [0.15, 0.2) is 0 Å². The van der Waals surface area contributed by atoms with Gasteiger partial charge in [0.2, 0.25) is 0 Å². The van der Waals surface area contributed by atoms with Gasteiger partial charge in [-0.25, -0.2) is 4.98 Å². The number of fused-ring (bicyclic) bond motifs is 1. The fourth-order valence-electron chi connectivity index (χ4n) is 1.76. The SMILES string of the molecule is CNCc1nc(=S)[nH]c2c1CNCC2. The quantitative estimate of drug-likeness (QED) is 0.622. The Kier molecular flexibility index (Phi) is 2.90. The molecule has 2 heterocycles. The molecule has 0 bridgehead atoms. The largest absolute Gasteiger partial charge is 0.334 e. The van der Waals surface area contributed by atoms with Gasteiger partial charge in [0, 0.05) is 37.3 Å². The van der Waals surface area contributed by atoms with E-state index in [2.05, 4.69) is 20.6 Å². The lowest BCUT2D eigenvalue weighted by Gasteiger charge is -2.19. The van der Waals surface area contributed by atoms with E-state index in [9.17, 15) is 0 Å². The van der Waals surface area contributed by atoms with Crippen molar-refractivity contribution in [2.24, 2.45) is 0 Å². The molecule has 0 spiro atoms. The smallest absolute Gasteiger partial charge is 0.197 e. The summed E-state index contributed by atoms with van der Waals surface area (Å²) in [5.41, 5.74) is 3.59. The molecule has 14 heavy (non-hydrogen) atoms. The highest BCUT2D eigenvalue weighted by Gasteiger charge is 2.13. The predicted octanol–water partition coefficient (Wildman–Crippen LogP) is 0.504. The van der Waals surface area contributed by atoms with Gasteiger partial charge in [-0.3, -0.25) is 0 Å². The van der Waals surface area contributed by atoms with Crippen LogP contribution in [-0.4, -0.2) is 23.6 Å². The lowest BCUT2D eigenvalue weighted by molar-refractivity contribution is 0.608. The molecule has 0 aliphatic carbocycles. The highest BCUT2D eigenvalue weighted by Crippen LogP contribution is 2.14. The van der Waals surface area contributed by atoms with Gasteiger partial charge < -0.3 is 15.6 Å². The number of aromatic nitrogens is 2. The summed E-state index contributed by atoms with van der Waals surface area (Å²) in [7, 11) is 1.92. The third-order valence-electron chi connectivity index (χ3n) is 2.40. The number of H-pyrrole nitrogens is 1. The van der Waals surface area contributed by atoms with E-state index in [1.165, 1.54) is 11.3 Å². The zero-order valence-electron chi connectivity index (χ0n) is 8.18. The van der Waals surface area contributed by atoms with Crippen LogP contribution in [0.25, 0.3) is 0 Å². The molecule has 0 saturated heterocycles. The molecule has 2 rings (SSSR count). The summed E-state index contributed by atoms with van der Waals surface area (Å²) in [5.74, 6) is 0. The molecule has 0 saturated carbocycles. The fraction of sp³-hybridized carbons (Fsp3) is 0.556. The second-order valence-corrected chi connectivity index (χ2v) is 3.79. The molecule has 1 aromatic rings. The Morgan fingerprint density at radius 1 is 1.57 bits per heavy atom. The summed E-state index contributed by atoms with van der Waals surface area (Å²) in [6.07, 6.45) is 1.01. The van der Waals surface area contributed by atoms with E-state index in [0.717, 1.165) is 31.7 Å². The molecule has 0 atom stereocenters. The van der Waals surface area contributed by atoms with Crippen LogP contribution in [-0.2, 0) is 19.5 Å². The van der Waals surface area contributed by atoms with Crippen LogP contribution in [0.4, 0.5) is 0 Å². The van der Waals surface area contributed by atoms with Crippen LogP contribution in [0, 0.1) is 4.77 Å². The number of nitrogens with zero attached hydrogens (tertiary/aromatic N) is 1. The first-order chi connectivity index (χ1) is 6.81. The second-order valence-electron chi connectivity index (χ2n) is 3.40. The Bertz CT molecular complexity index is 385. The van der Waals surface area contributed by atoms with Gasteiger partial charge in [0.05, 0.1) is 5.69 Å². The van der Waals surface area contributed by atoms with Crippen molar-refractivity contribution < 1.29 is 0 Å². The minimum Gasteiger partial charge on any atom is -0.334 e. The third kappa shape index (κ3) is 1.84. The maximum atomic E-state index is 5.08. The molecule has 76 valence electrons. The lowest BCUT2D eigenvalue weighted by atomic mass is 10.1. The second kappa shape index (κ2) is 4.16. The normalized spacial score (nSPS) is 15.2. The first kappa shape index (κ1) is 9.76. The summed E-state index contributed by atoms with van der Waals surface area (Å²) in [4.78, 5) is 7.50. The molecule has 1 aliphatic rings. The maximum Gasteiger partial charge on any atom is 0.197 e. The van der Waals surface area contributed by atoms with Crippen molar-refractivity contribution in [2.45, 2.75) is 19.5 Å². The van der Waals surface area contributed by atoms with Gasteiger partial charge in [0.15, 0.2) is 4.77 Å². The summed E-state index contributed by atoms with van der Waals surface area (Å²) in [6, 6.07) is 0. The van der Waals surface area contributed by atoms with Gasteiger partial charge in [0.1, 0.15) is 0 Å². The van der Waals surface area contributed by atoms with Crippen LogP contribution < -0.4 is 10.6 Å². The van der Waals surface area contributed by atoms with E-state index in [4.69, 9.17) is 12.2 Å². The van der Waals surface area contributed by atoms with Crippen LogP contribution in [0.1, 0.15) is 17.0 Å². The van der Waals surface area contributed by atoms with Crippen LogP contribution in [0.3, 0.4) is 0 Å². The first-order valence-corrected chi connectivity index (χ1v) is 5.18. The monoisotopic (exact) mass is 210 g/mol. The molecule has 0 amide bonds. The molecule has 0 radical (unpaired) electrons. The fourth-order valence-corrected chi connectivity index (χ4v) is 1.99. The zero-order valence-corrected chi connectivity index (χ0v) is 9.00. The summed E-state index contributed by atoms with van der Waals surface area (Å²) in [6.45, 7) is 2.69. The van der Waals surface area contributed by atoms with Crippen molar-refractivity contribution in [1.29, 1.82) is 0 Å². The molecule has 1 aromatic heterocycles. The Morgan fingerprint density at radius 3 is 3.21 bits per heavy atom. The highest BCUT2D eigenvalue weighted by molar-refractivity contribution is 7.71. The molecule has 0 unspecified atom stereocenters. The molecule has 0 aromatic carbocycles. The van der Waals surface area contributed by atoms with E-state index in [1.54, 1.807) is 0 Å². The molecule has 4 nitrogen and oxygen atoms in total. The molecule has 0 fully saturated rings. The van der Waals surface area contributed by atoms with E-state index < -0.39 is 0 Å². The van der Waals surface area contributed by atoms with Gasteiger partial charge in [-0.15, -0.1) is 0 Å². The van der Waals surface area contributed by atoms with E-state index in [-0.39, 0.29) is 0 Å². The maximum absolute atomic E-state index is 5.08. The predicted molar refractivity (Wildman–Crippen MR) is 57.6 cm³/mol. The van der Waals surface area contributed by atoms with Crippen molar-refractivity contribution in [3.05, 3.63) is 21.7 Å². The van der Waals surface area contributed by atoms with Crippen molar-refractivity contribution in [2.75, 3.05) is 13.6 Å². The van der Waals surface area contributed by atoms with Gasteiger partial charge in [-0.05, 0) is 19.3 Å². The topological polar surface area (TPSA) is 52.7 Å². The van der Waals surface area contributed by atoms with Crippen molar-refractivity contribution in [1.82, 2.24) is 20.6 Å². The molecule has 3 N–H and O–H groups in total. The van der Waals surface area contributed by atoms with Crippen molar-refractivity contribution in [3.8, 4) is 0 Å². The number of hydrogen-bond donors (Lipinski definition) is 3. The molecule has 5 heteroatoms. The molecule has 1 aliphatic heterocycles. The highest BCUT2D eigenvalue weighted by atomic mass is 32.1. The minimum atomic E-state index is 0.593. The summed E-state index contributed by atoms with van der Waals surface area (Å²) < 4.78 is 0.593. The number of rotatable bonds is 2. The van der Waals surface area contributed by atoms with Crippen molar-refractivity contribution in [3.63, 3.8) is 0 Å². The molecular formula is C9H14N4S. The third-order valence-corrected chi connectivity index (χ3v) is 2.60. The average Bonchev–Trinajstić information content (AvgIpc) is 2.18. The van der Waals surface area contributed by atoms with Crippen molar-refractivity contribution >= 4 is 12.2 Å². The number of nitrogens with one attached hydrogen (secondary N) is 3. The summed E-state index contributed by atoms with van der Waals surface area (Å²) >= 11 is 5.08. The van der Waals surface area contributed by atoms with Crippen LogP contribution in [0.2, 0.25) is 0 Å². The Labute approximate surface area is 88.1 Å². The zero-order chi connectivity index (χ0) is 9.97. The van der Waals surface area contributed by atoms with Gasteiger partial charge in [-0.1, -0.05) is 0 Å². The van der Waals surface area contributed by atoms with E-state index >= 15 is 0 Å². The summed E-state index contributed by atoms with van der Waals surface area (Å²) in [5, 5.41) is 6.45. The van der Waals surface area contributed by atoms with E-state index in [1.807, 2.05) is 7.05 Å². The Balaban J connectivity index is 2.47. The van der Waals surface area contributed by atoms with Crippen LogP contribution in [0.5, 0.6) is 0 Å². The van der Waals surface area contributed by atoms with Crippen LogP contribution >= 0.6 is 12.2 Å². The lowest BCUT2D eigenvalue weighted by Crippen LogP contribution is -2.27. The standard InChI is InChI=1S/C9H14N4S/c1-10-5-8-6-4-11-3-2-7(6)12-9(14)13-8/h10-11H,2-5H2,1H3,(H,12,13,14). The number of hydrogen-bond acceptors (Lipinski definition) is 4. The van der Waals surface area contributed by atoms with Gasteiger partial charge >= 0.3 is 0 Å². The molecular weight excluding hydrogens is 196 g/mol. The van der Waals surface area contributed by atoms with Gasteiger partial charge in [-0.2, -0.15) is 0 Å². The first-order valence-electron chi connectivity index (χ1n) is 4.77. The Morgan fingerprint density at radius 2 is 2.43 bits per heavy atom. The Hall–Kier alpha value is -0.780. The minimum absolute atomic E-state index is 0.593. The number of aromatic amines is 1. The average molecular weight is 210 g/mol. The van der Waals surface area contributed by atoms with Gasteiger partial charge in [0.25, 0.3) is 0 Å². The van der Waals surface area contributed by atoms with E-state index in [0.29, 0.717) is 4.77 Å².